The standard InChI is InChI=1S/C19H27NO3/c1-19(2,18(21)20-15-7-5-3-4-6-8-15)14-9-10-16-17(13-14)23-12-11-22-16/h9-10,13,15H,3-8,11-12H2,1-2H3,(H,20,21). The number of carbonyl (C=O) groups is 1. The Hall–Kier alpha value is -1.71. The highest BCUT2D eigenvalue weighted by Gasteiger charge is 2.32. The molecule has 2 aliphatic rings. The molecule has 1 saturated carbocycles. The minimum absolute atomic E-state index is 0.0982. The lowest BCUT2D eigenvalue weighted by molar-refractivity contribution is -0.126. The molecule has 4 nitrogen and oxygen atoms in total. The Morgan fingerprint density at radius 2 is 1.70 bits per heavy atom. The molecule has 1 aliphatic carbocycles. The molecule has 1 aliphatic heterocycles. The van der Waals surface area contributed by atoms with Crippen molar-refractivity contribution in [2.24, 2.45) is 0 Å². The monoisotopic (exact) mass is 317 g/mol. The zero-order valence-corrected chi connectivity index (χ0v) is 14.2. The van der Waals surface area contributed by atoms with E-state index in [9.17, 15) is 4.79 Å². The van der Waals surface area contributed by atoms with Gasteiger partial charge in [0.05, 0.1) is 5.41 Å². The van der Waals surface area contributed by atoms with E-state index in [4.69, 9.17) is 9.47 Å². The number of hydrogen-bond donors (Lipinski definition) is 1. The summed E-state index contributed by atoms with van der Waals surface area (Å²) in [5, 5.41) is 3.27. The van der Waals surface area contributed by atoms with E-state index in [1.807, 2.05) is 32.0 Å². The van der Waals surface area contributed by atoms with Crippen LogP contribution >= 0.6 is 0 Å². The van der Waals surface area contributed by atoms with Gasteiger partial charge in [-0.05, 0) is 44.4 Å². The van der Waals surface area contributed by atoms with Crippen LogP contribution in [0.5, 0.6) is 11.5 Å². The molecule has 0 radical (unpaired) electrons. The van der Waals surface area contributed by atoms with E-state index in [2.05, 4.69) is 5.32 Å². The molecule has 1 fully saturated rings. The van der Waals surface area contributed by atoms with Gasteiger partial charge in [-0.3, -0.25) is 4.79 Å². The first kappa shape index (κ1) is 16.2. The summed E-state index contributed by atoms with van der Waals surface area (Å²) in [5.41, 5.74) is 0.384. The lowest BCUT2D eigenvalue weighted by Crippen LogP contribution is -2.45. The van der Waals surface area contributed by atoms with Crippen LogP contribution in [0.15, 0.2) is 18.2 Å². The molecule has 0 aromatic heterocycles. The summed E-state index contributed by atoms with van der Waals surface area (Å²) in [6, 6.07) is 6.15. The minimum Gasteiger partial charge on any atom is -0.486 e. The molecular formula is C19H27NO3. The second-order valence-corrected chi connectivity index (χ2v) is 7.15. The Bertz CT molecular complexity index is 560. The lowest BCUT2D eigenvalue weighted by atomic mass is 9.83. The normalized spacial score (nSPS) is 19.0. The predicted octanol–water partition coefficient (Wildman–Crippen LogP) is 3.57. The molecule has 0 spiro atoms. The van der Waals surface area contributed by atoms with Crippen LogP contribution in [-0.2, 0) is 10.2 Å². The smallest absolute Gasteiger partial charge is 0.230 e. The minimum atomic E-state index is -0.581. The van der Waals surface area contributed by atoms with Gasteiger partial charge in [-0.1, -0.05) is 31.7 Å². The maximum atomic E-state index is 12.8. The maximum absolute atomic E-state index is 12.8. The topological polar surface area (TPSA) is 47.6 Å². The molecule has 0 saturated heterocycles. The summed E-state index contributed by atoms with van der Waals surface area (Å²) in [6.07, 6.45) is 7.21. The van der Waals surface area contributed by atoms with Gasteiger partial charge in [0.15, 0.2) is 11.5 Å². The highest BCUT2D eigenvalue weighted by Crippen LogP contribution is 2.35. The summed E-state index contributed by atoms with van der Waals surface area (Å²) >= 11 is 0. The molecular weight excluding hydrogens is 290 g/mol. The van der Waals surface area contributed by atoms with Crippen molar-refractivity contribution in [2.45, 2.75) is 63.8 Å². The zero-order chi connectivity index (χ0) is 16.3. The van der Waals surface area contributed by atoms with Crippen LogP contribution in [0, 0.1) is 0 Å². The summed E-state index contributed by atoms with van der Waals surface area (Å²) in [6.45, 7) is 5.10. The van der Waals surface area contributed by atoms with Gasteiger partial charge in [0.1, 0.15) is 13.2 Å². The molecule has 1 N–H and O–H groups in total. The van der Waals surface area contributed by atoms with Gasteiger partial charge in [-0.2, -0.15) is 0 Å². The highest BCUT2D eigenvalue weighted by atomic mass is 16.6. The number of fused-ring (bicyclic) bond motifs is 1. The molecule has 0 unspecified atom stereocenters. The molecule has 23 heavy (non-hydrogen) atoms. The van der Waals surface area contributed by atoms with Gasteiger partial charge >= 0.3 is 0 Å². The molecule has 1 aromatic rings. The second kappa shape index (κ2) is 6.81. The maximum Gasteiger partial charge on any atom is 0.230 e. The first-order valence-corrected chi connectivity index (χ1v) is 8.78. The van der Waals surface area contributed by atoms with Gasteiger partial charge in [-0.25, -0.2) is 0 Å². The molecule has 3 rings (SSSR count). The van der Waals surface area contributed by atoms with Crippen LogP contribution in [0.3, 0.4) is 0 Å². The number of nitrogens with one attached hydrogen (secondary N) is 1. The van der Waals surface area contributed by atoms with Crippen molar-refractivity contribution in [1.82, 2.24) is 5.32 Å². The van der Waals surface area contributed by atoms with Crippen molar-refractivity contribution < 1.29 is 14.3 Å². The van der Waals surface area contributed by atoms with Crippen molar-refractivity contribution in [3.63, 3.8) is 0 Å². The van der Waals surface area contributed by atoms with E-state index in [-0.39, 0.29) is 5.91 Å². The Morgan fingerprint density at radius 3 is 2.39 bits per heavy atom. The van der Waals surface area contributed by atoms with Gasteiger partial charge in [0.2, 0.25) is 5.91 Å². The van der Waals surface area contributed by atoms with Crippen molar-refractivity contribution in [3.8, 4) is 11.5 Å². The third kappa shape index (κ3) is 3.62. The molecule has 4 heteroatoms. The Labute approximate surface area is 138 Å². The third-order valence-corrected chi connectivity index (χ3v) is 5.02. The van der Waals surface area contributed by atoms with Crippen LogP contribution in [0.1, 0.15) is 57.9 Å². The first-order valence-electron chi connectivity index (χ1n) is 8.78. The summed E-state index contributed by atoms with van der Waals surface area (Å²) in [5.74, 6) is 1.60. The van der Waals surface area contributed by atoms with Crippen LogP contribution in [-0.4, -0.2) is 25.2 Å². The Kier molecular flexibility index (Phi) is 4.79. The average Bonchev–Trinajstić information content (AvgIpc) is 2.83. The fourth-order valence-electron chi connectivity index (χ4n) is 3.35. The largest absolute Gasteiger partial charge is 0.486 e. The predicted molar refractivity (Wildman–Crippen MR) is 90.1 cm³/mol. The van der Waals surface area contributed by atoms with E-state index in [0.717, 1.165) is 29.9 Å². The molecule has 0 atom stereocenters. The summed E-state index contributed by atoms with van der Waals surface area (Å²) < 4.78 is 11.2. The number of ether oxygens (including phenoxy) is 2. The number of amides is 1. The molecule has 1 amide bonds. The second-order valence-electron chi connectivity index (χ2n) is 7.15. The number of benzene rings is 1. The third-order valence-electron chi connectivity index (χ3n) is 5.02. The van der Waals surface area contributed by atoms with Crippen molar-refractivity contribution in [3.05, 3.63) is 23.8 Å². The quantitative estimate of drug-likeness (QED) is 0.867. The Morgan fingerprint density at radius 1 is 1.04 bits per heavy atom. The molecule has 0 bridgehead atoms. The molecule has 126 valence electrons. The fourth-order valence-corrected chi connectivity index (χ4v) is 3.35. The average molecular weight is 317 g/mol. The van der Waals surface area contributed by atoms with Crippen LogP contribution in [0.2, 0.25) is 0 Å². The molecule has 1 aromatic carbocycles. The molecule has 1 heterocycles. The van der Waals surface area contributed by atoms with E-state index in [0.29, 0.717) is 19.3 Å². The van der Waals surface area contributed by atoms with Crippen LogP contribution in [0.25, 0.3) is 0 Å². The van der Waals surface area contributed by atoms with E-state index in [1.165, 1.54) is 25.7 Å². The SMILES string of the molecule is CC(C)(C(=O)NC1CCCCCC1)c1ccc2c(c1)OCCO2. The van der Waals surface area contributed by atoms with E-state index < -0.39 is 5.41 Å². The lowest BCUT2D eigenvalue weighted by Gasteiger charge is -2.29. The van der Waals surface area contributed by atoms with Crippen LogP contribution < -0.4 is 14.8 Å². The number of rotatable bonds is 3. The summed E-state index contributed by atoms with van der Waals surface area (Å²) in [7, 11) is 0. The van der Waals surface area contributed by atoms with E-state index in [1.54, 1.807) is 0 Å². The first-order chi connectivity index (χ1) is 11.1. The summed E-state index contributed by atoms with van der Waals surface area (Å²) in [4.78, 5) is 12.8. The van der Waals surface area contributed by atoms with Crippen molar-refractivity contribution >= 4 is 5.91 Å². The van der Waals surface area contributed by atoms with Crippen LogP contribution in [0.4, 0.5) is 0 Å². The fraction of sp³-hybridized carbons (Fsp3) is 0.632. The van der Waals surface area contributed by atoms with Gasteiger partial charge < -0.3 is 14.8 Å². The van der Waals surface area contributed by atoms with Gasteiger partial charge in [0, 0.05) is 6.04 Å². The van der Waals surface area contributed by atoms with E-state index >= 15 is 0 Å². The van der Waals surface area contributed by atoms with Crippen molar-refractivity contribution in [2.75, 3.05) is 13.2 Å². The number of carbonyl (C=O) groups excluding carboxylic acids is 1. The Balaban J connectivity index is 1.73. The zero-order valence-electron chi connectivity index (χ0n) is 14.2. The number of hydrogen-bond acceptors (Lipinski definition) is 3. The van der Waals surface area contributed by atoms with Gasteiger partial charge in [0.25, 0.3) is 0 Å². The highest BCUT2D eigenvalue weighted by molar-refractivity contribution is 5.87. The van der Waals surface area contributed by atoms with Crippen molar-refractivity contribution in [1.29, 1.82) is 0 Å². The van der Waals surface area contributed by atoms with Gasteiger partial charge in [-0.15, -0.1) is 0 Å².